The lowest BCUT2D eigenvalue weighted by molar-refractivity contribution is 0.0977. The Kier molecular flexibility index (Phi) is 5.67. The number of rotatable bonds is 4. The maximum absolute atomic E-state index is 12.0. The van der Waals surface area contributed by atoms with E-state index in [0.29, 0.717) is 17.7 Å². The Morgan fingerprint density at radius 2 is 1.83 bits per heavy atom. The van der Waals surface area contributed by atoms with E-state index in [1.165, 1.54) is 0 Å². The van der Waals surface area contributed by atoms with Gasteiger partial charge < -0.3 is 10.1 Å². The molecule has 5 nitrogen and oxygen atoms in total. The molecule has 0 heterocycles. The molecule has 6 heteroatoms. The van der Waals surface area contributed by atoms with Gasteiger partial charge in [-0.25, -0.2) is 0 Å². The van der Waals surface area contributed by atoms with E-state index in [4.69, 9.17) is 22.2 Å². The quantitative estimate of drug-likeness (QED) is 0.845. The van der Waals surface area contributed by atoms with Crippen molar-refractivity contribution in [2.24, 2.45) is 0 Å². The fraction of sp³-hybridized carbons (Fsp3) is 0.118. The van der Waals surface area contributed by atoms with Crippen LogP contribution in [0.3, 0.4) is 0 Å². The molecule has 0 aliphatic heterocycles. The van der Waals surface area contributed by atoms with E-state index in [2.05, 4.69) is 10.6 Å². The largest absolute Gasteiger partial charge is 0.494 e. The number of nitriles is 1. The minimum atomic E-state index is -0.335. The van der Waals surface area contributed by atoms with Gasteiger partial charge in [-0.15, -0.1) is 0 Å². The van der Waals surface area contributed by atoms with Crippen LogP contribution < -0.4 is 15.4 Å². The van der Waals surface area contributed by atoms with Crippen LogP contribution in [0.5, 0.6) is 5.75 Å². The third-order valence-electron chi connectivity index (χ3n) is 2.93. The van der Waals surface area contributed by atoms with Crippen LogP contribution in [-0.2, 0) is 0 Å². The van der Waals surface area contributed by atoms with Gasteiger partial charge >= 0.3 is 0 Å². The maximum atomic E-state index is 12.0. The zero-order valence-electron chi connectivity index (χ0n) is 12.5. The highest BCUT2D eigenvalue weighted by molar-refractivity contribution is 7.80. The molecule has 0 aliphatic rings. The van der Waals surface area contributed by atoms with E-state index < -0.39 is 0 Å². The predicted octanol–water partition coefficient (Wildman–Crippen LogP) is 3.08. The molecule has 0 bridgehead atoms. The molecule has 0 aliphatic carbocycles. The van der Waals surface area contributed by atoms with Crippen molar-refractivity contribution in [2.75, 3.05) is 11.9 Å². The van der Waals surface area contributed by atoms with Crippen molar-refractivity contribution in [1.82, 2.24) is 5.32 Å². The SMILES string of the molecule is CCOc1ccc(NC(=S)NC(=O)c2ccc(C#N)cc2)cc1. The molecule has 0 atom stereocenters. The lowest BCUT2D eigenvalue weighted by atomic mass is 10.1. The number of nitrogens with zero attached hydrogens (tertiary/aromatic N) is 1. The van der Waals surface area contributed by atoms with Gasteiger partial charge in [-0.1, -0.05) is 0 Å². The topological polar surface area (TPSA) is 74.2 Å². The fourth-order valence-corrected chi connectivity index (χ4v) is 2.05. The molecule has 23 heavy (non-hydrogen) atoms. The molecule has 0 fully saturated rings. The van der Waals surface area contributed by atoms with Crippen LogP contribution in [0, 0.1) is 11.3 Å². The van der Waals surface area contributed by atoms with Crippen molar-refractivity contribution in [3.63, 3.8) is 0 Å². The molecule has 2 N–H and O–H groups in total. The van der Waals surface area contributed by atoms with Gasteiger partial charge in [0.25, 0.3) is 5.91 Å². The van der Waals surface area contributed by atoms with Gasteiger partial charge in [0, 0.05) is 11.3 Å². The Morgan fingerprint density at radius 3 is 2.39 bits per heavy atom. The molecular weight excluding hydrogens is 310 g/mol. The summed E-state index contributed by atoms with van der Waals surface area (Å²) in [4.78, 5) is 12.0. The molecular formula is C17H15N3O2S. The minimum absolute atomic E-state index is 0.198. The Bertz CT molecular complexity index is 734. The van der Waals surface area contributed by atoms with Crippen molar-refractivity contribution in [1.29, 1.82) is 5.26 Å². The van der Waals surface area contributed by atoms with Crippen LogP contribution in [0.25, 0.3) is 0 Å². The molecule has 2 rings (SSSR count). The van der Waals surface area contributed by atoms with Gasteiger partial charge in [-0.3, -0.25) is 10.1 Å². The number of anilines is 1. The molecule has 0 saturated heterocycles. The van der Waals surface area contributed by atoms with Crippen LogP contribution in [0.4, 0.5) is 5.69 Å². The number of thiocarbonyl (C=S) groups is 1. The lowest BCUT2D eigenvalue weighted by Gasteiger charge is -2.10. The van der Waals surface area contributed by atoms with Crippen molar-refractivity contribution in [3.8, 4) is 11.8 Å². The first-order chi connectivity index (χ1) is 11.1. The molecule has 116 valence electrons. The monoisotopic (exact) mass is 325 g/mol. The number of ether oxygens (including phenoxy) is 1. The first-order valence-corrected chi connectivity index (χ1v) is 7.38. The summed E-state index contributed by atoms with van der Waals surface area (Å²) in [6.45, 7) is 2.52. The first-order valence-electron chi connectivity index (χ1n) is 6.97. The van der Waals surface area contributed by atoms with E-state index in [-0.39, 0.29) is 11.0 Å². The normalized spacial score (nSPS) is 9.57. The standard InChI is InChI=1S/C17H15N3O2S/c1-2-22-15-9-7-14(8-10-15)19-17(23)20-16(21)13-5-3-12(11-18)4-6-13/h3-10H,2H2,1H3,(H2,19,20,21,23). The third-order valence-corrected chi connectivity index (χ3v) is 3.13. The van der Waals surface area contributed by atoms with E-state index >= 15 is 0 Å². The minimum Gasteiger partial charge on any atom is -0.494 e. The molecule has 0 unspecified atom stereocenters. The van der Waals surface area contributed by atoms with Crippen molar-refractivity contribution in [2.45, 2.75) is 6.92 Å². The molecule has 2 aromatic rings. The second kappa shape index (κ2) is 7.92. The predicted molar refractivity (Wildman–Crippen MR) is 92.5 cm³/mol. The summed E-state index contributed by atoms with van der Waals surface area (Å²) in [7, 11) is 0. The number of carbonyl (C=O) groups is 1. The summed E-state index contributed by atoms with van der Waals surface area (Å²) in [6, 6.07) is 15.6. The highest BCUT2D eigenvalue weighted by Crippen LogP contribution is 2.15. The molecule has 0 aromatic heterocycles. The number of amides is 1. The van der Waals surface area contributed by atoms with Gasteiger partial charge in [0.1, 0.15) is 5.75 Å². The summed E-state index contributed by atoms with van der Waals surface area (Å²) in [5.74, 6) is 0.434. The second-order valence-electron chi connectivity index (χ2n) is 4.55. The van der Waals surface area contributed by atoms with Crippen LogP contribution in [-0.4, -0.2) is 17.6 Å². The van der Waals surface area contributed by atoms with E-state index in [0.717, 1.165) is 11.4 Å². The van der Waals surface area contributed by atoms with Gasteiger partial charge in [0.15, 0.2) is 5.11 Å². The van der Waals surface area contributed by atoms with Gasteiger partial charge in [0.2, 0.25) is 0 Å². The number of carbonyl (C=O) groups excluding carboxylic acids is 1. The van der Waals surface area contributed by atoms with Crippen LogP contribution in [0.1, 0.15) is 22.8 Å². The van der Waals surface area contributed by atoms with Crippen LogP contribution >= 0.6 is 12.2 Å². The zero-order chi connectivity index (χ0) is 16.7. The molecule has 2 aromatic carbocycles. The van der Waals surface area contributed by atoms with Crippen LogP contribution in [0.15, 0.2) is 48.5 Å². The molecule has 0 radical (unpaired) electrons. The van der Waals surface area contributed by atoms with Crippen molar-refractivity contribution in [3.05, 3.63) is 59.7 Å². The average Bonchev–Trinajstić information content (AvgIpc) is 2.57. The summed E-state index contributed by atoms with van der Waals surface area (Å²) in [5, 5.41) is 14.5. The van der Waals surface area contributed by atoms with E-state index in [9.17, 15) is 4.79 Å². The van der Waals surface area contributed by atoms with Gasteiger partial charge in [-0.05, 0) is 67.7 Å². The Balaban J connectivity index is 1.93. The van der Waals surface area contributed by atoms with E-state index in [1.807, 2.05) is 37.3 Å². The lowest BCUT2D eigenvalue weighted by Crippen LogP contribution is -2.34. The summed E-state index contributed by atoms with van der Waals surface area (Å²) < 4.78 is 5.35. The Hall–Kier alpha value is -2.91. The first kappa shape index (κ1) is 16.5. The number of hydrogen-bond donors (Lipinski definition) is 2. The molecule has 0 spiro atoms. The summed E-state index contributed by atoms with van der Waals surface area (Å²) in [5.41, 5.74) is 1.68. The fourth-order valence-electron chi connectivity index (χ4n) is 1.83. The smallest absolute Gasteiger partial charge is 0.257 e. The average molecular weight is 325 g/mol. The third kappa shape index (κ3) is 4.80. The van der Waals surface area contributed by atoms with Crippen LogP contribution in [0.2, 0.25) is 0 Å². The summed E-state index contributed by atoms with van der Waals surface area (Å²) in [6.07, 6.45) is 0. The van der Waals surface area contributed by atoms with E-state index in [1.54, 1.807) is 24.3 Å². The zero-order valence-corrected chi connectivity index (χ0v) is 13.3. The van der Waals surface area contributed by atoms with Crippen molar-refractivity contribution < 1.29 is 9.53 Å². The Morgan fingerprint density at radius 1 is 1.17 bits per heavy atom. The highest BCUT2D eigenvalue weighted by atomic mass is 32.1. The summed E-state index contributed by atoms with van der Waals surface area (Å²) >= 11 is 5.12. The second-order valence-corrected chi connectivity index (χ2v) is 4.96. The highest BCUT2D eigenvalue weighted by Gasteiger charge is 2.08. The molecule has 0 saturated carbocycles. The number of nitrogens with one attached hydrogen (secondary N) is 2. The number of hydrogen-bond acceptors (Lipinski definition) is 4. The van der Waals surface area contributed by atoms with Gasteiger partial charge in [-0.2, -0.15) is 5.26 Å². The number of benzene rings is 2. The van der Waals surface area contributed by atoms with Gasteiger partial charge in [0.05, 0.1) is 18.2 Å². The molecule has 1 amide bonds. The Labute approximate surface area is 139 Å². The maximum Gasteiger partial charge on any atom is 0.257 e. The van der Waals surface area contributed by atoms with Crippen molar-refractivity contribution >= 4 is 28.9 Å².